The second kappa shape index (κ2) is 8.53. The van der Waals surface area contributed by atoms with Crippen molar-refractivity contribution in [3.63, 3.8) is 0 Å². The van der Waals surface area contributed by atoms with Crippen LogP contribution in [0.4, 0.5) is 4.39 Å². The maximum Gasteiger partial charge on any atom is 0.263 e. The van der Waals surface area contributed by atoms with Crippen molar-refractivity contribution in [1.82, 2.24) is 24.3 Å². The molecule has 4 aromatic rings. The molecule has 0 bridgehead atoms. The van der Waals surface area contributed by atoms with E-state index in [0.29, 0.717) is 45.7 Å². The zero-order valence-corrected chi connectivity index (χ0v) is 20.3. The standard InChI is InChI=1S/C26H25ClFN5O2/c1-14-30-25-24(26(34)32(14)2)20(19-6-3-17(27)10-21(19)28)11-22(31-25)15-7-8-35-23(9-15)16-12-29-33(13-16)18-4-5-18/h3,6,10-13,15,18,23H,4-5,7-9H2,1-2H3/t15-,23+/m1/s1. The Morgan fingerprint density at radius 2 is 1.97 bits per heavy atom. The molecule has 0 N–H and O–H groups in total. The van der Waals surface area contributed by atoms with Gasteiger partial charge in [0.15, 0.2) is 5.65 Å². The molecule has 2 aliphatic rings. The summed E-state index contributed by atoms with van der Waals surface area (Å²) in [6.07, 6.45) is 7.73. The van der Waals surface area contributed by atoms with Gasteiger partial charge in [0.2, 0.25) is 0 Å². The molecule has 1 aliphatic carbocycles. The van der Waals surface area contributed by atoms with Gasteiger partial charge in [-0.3, -0.25) is 14.0 Å². The molecule has 7 nitrogen and oxygen atoms in total. The lowest BCUT2D eigenvalue weighted by Crippen LogP contribution is -2.23. The quantitative estimate of drug-likeness (QED) is 0.387. The highest BCUT2D eigenvalue weighted by molar-refractivity contribution is 6.30. The summed E-state index contributed by atoms with van der Waals surface area (Å²) in [4.78, 5) is 22.6. The topological polar surface area (TPSA) is 74.8 Å². The number of pyridine rings is 1. The van der Waals surface area contributed by atoms with Crippen LogP contribution in [0.15, 0.2) is 41.5 Å². The van der Waals surface area contributed by atoms with E-state index >= 15 is 4.39 Å². The first-order chi connectivity index (χ1) is 16.9. The largest absolute Gasteiger partial charge is 0.373 e. The van der Waals surface area contributed by atoms with Crippen LogP contribution >= 0.6 is 11.6 Å². The van der Waals surface area contributed by atoms with Crippen LogP contribution in [-0.4, -0.2) is 30.9 Å². The van der Waals surface area contributed by atoms with Gasteiger partial charge in [0.25, 0.3) is 5.56 Å². The molecular weight excluding hydrogens is 469 g/mol. The first-order valence-electron chi connectivity index (χ1n) is 11.9. The summed E-state index contributed by atoms with van der Waals surface area (Å²) in [5, 5.41) is 5.11. The molecule has 4 heterocycles. The second-order valence-electron chi connectivity index (χ2n) is 9.51. The van der Waals surface area contributed by atoms with Crippen LogP contribution in [0, 0.1) is 12.7 Å². The molecule has 9 heteroatoms. The van der Waals surface area contributed by atoms with Crippen molar-refractivity contribution < 1.29 is 9.13 Å². The average molecular weight is 494 g/mol. The second-order valence-corrected chi connectivity index (χ2v) is 9.94. The van der Waals surface area contributed by atoms with E-state index in [1.165, 1.54) is 23.5 Å². The average Bonchev–Trinajstić information content (AvgIpc) is 3.58. The highest BCUT2D eigenvalue weighted by Gasteiger charge is 2.30. The minimum absolute atomic E-state index is 0.0719. The van der Waals surface area contributed by atoms with Gasteiger partial charge in [0.1, 0.15) is 11.6 Å². The van der Waals surface area contributed by atoms with Crippen molar-refractivity contribution in [2.24, 2.45) is 7.05 Å². The molecule has 1 saturated heterocycles. The SMILES string of the molecule is Cc1nc2nc([C@@H]3CCO[C@H](c4cnn(C5CC5)c4)C3)cc(-c3ccc(Cl)cc3F)c2c(=O)n1C. The van der Waals surface area contributed by atoms with Crippen LogP contribution in [0.5, 0.6) is 0 Å². The Hall–Kier alpha value is -3.10. The van der Waals surface area contributed by atoms with E-state index < -0.39 is 5.82 Å². The Bertz CT molecular complexity index is 1510. The maximum absolute atomic E-state index is 15.0. The Morgan fingerprint density at radius 3 is 2.74 bits per heavy atom. The van der Waals surface area contributed by atoms with E-state index in [-0.39, 0.29) is 17.6 Å². The van der Waals surface area contributed by atoms with Crippen molar-refractivity contribution in [3.05, 3.63) is 74.9 Å². The van der Waals surface area contributed by atoms with E-state index in [9.17, 15) is 4.79 Å². The minimum Gasteiger partial charge on any atom is -0.373 e. The number of benzene rings is 1. The Morgan fingerprint density at radius 1 is 1.14 bits per heavy atom. The molecule has 6 rings (SSSR count). The third-order valence-electron chi connectivity index (χ3n) is 7.13. The van der Waals surface area contributed by atoms with E-state index in [0.717, 1.165) is 24.1 Å². The van der Waals surface area contributed by atoms with Crippen LogP contribution in [0.1, 0.15) is 60.8 Å². The van der Waals surface area contributed by atoms with Crippen molar-refractivity contribution in [1.29, 1.82) is 0 Å². The fraction of sp³-hybridized carbons (Fsp3) is 0.385. The molecule has 0 amide bonds. The fourth-order valence-electron chi connectivity index (χ4n) is 4.87. The monoisotopic (exact) mass is 493 g/mol. The molecule has 0 unspecified atom stereocenters. The number of halogens is 2. The number of hydrogen-bond donors (Lipinski definition) is 0. The Balaban J connectivity index is 1.45. The summed E-state index contributed by atoms with van der Waals surface area (Å²) in [5.74, 6) is 0.130. The van der Waals surface area contributed by atoms with E-state index in [4.69, 9.17) is 21.3 Å². The molecule has 2 fully saturated rings. The summed E-state index contributed by atoms with van der Waals surface area (Å²) in [5.41, 5.74) is 2.71. The maximum atomic E-state index is 15.0. The van der Waals surface area contributed by atoms with Crippen LogP contribution in [0.2, 0.25) is 5.02 Å². The fourth-order valence-corrected chi connectivity index (χ4v) is 5.03. The first-order valence-corrected chi connectivity index (χ1v) is 12.3. The van der Waals surface area contributed by atoms with Gasteiger partial charge in [-0.25, -0.2) is 14.4 Å². The highest BCUT2D eigenvalue weighted by Crippen LogP contribution is 2.40. The normalized spacial score (nSPS) is 20.5. The Kier molecular flexibility index (Phi) is 5.45. The number of rotatable bonds is 4. The van der Waals surface area contributed by atoms with Gasteiger partial charge in [-0.2, -0.15) is 5.10 Å². The van der Waals surface area contributed by atoms with Crippen LogP contribution in [0.3, 0.4) is 0 Å². The third kappa shape index (κ3) is 4.04. The molecule has 2 atom stereocenters. The van der Waals surface area contributed by atoms with Crippen molar-refractivity contribution in [2.75, 3.05) is 6.61 Å². The van der Waals surface area contributed by atoms with Crippen molar-refractivity contribution in [2.45, 2.75) is 50.7 Å². The molecule has 0 spiro atoms. The minimum atomic E-state index is -0.490. The summed E-state index contributed by atoms with van der Waals surface area (Å²) < 4.78 is 24.6. The first kappa shape index (κ1) is 22.4. The number of hydrogen-bond acceptors (Lipinski definition) is 5. The third-order valence-corrected chi connectivity index (χ3v) is 7.36. The van der Waals surface area contributed by atoms with E-state index in [2.05, 4.69) is 16.3 Å². The zero-order chi connectivity index (χ0) is 24.3. The van der Waals surface area contributed by atoms with Crippen LogP contribution in [0.25, 0.3) is 22.2 Å². The molecule has 3 aromatic heterocycles. The van der Waals surface area contributed by atoms with Gasteiger partial charge in [0.05, 0.1) is 23.7 Å². The molecular formula is C26H25ClFN5O2. The van der Waals surface area contributed by atoms with E-state index in [1.807, 2.05) is 16.9 Å². The lowest BCUT2D eigenvalue weighted by atomic mass is 9.88. The summed E-state index contributed by atoms with van der Waals surface area (Å²) in [7, 11) is 1.66. The molecule has 1 saturated carbocycles. The van der Waals surface area contributed by atoms with Crippen molar-refractivity contribution >= 4 is 22.6 Å². The smallest absolute Gasteiger partial charge is 0.263 e. The predicted octanol–water partition coefficient (Wildman–Crippen LogP) is 5.26. The van der Waals surface area contributed by atoms with Crippen LogP contribution in [-0.2, 0) is 11.8 Å². The van der Waals surface area contributed by atoms with Crippen LogP contribution < -0.4 is 5.56 Å². The van der Waals surface area contributed by atoms with Gasteiger partial charge < -0.3 is 4.74 Å². The van der Waals surface area contributed by atoms with Gasteiger partial charge in [-0.1, -0.05) is 11.6 Å². The highest BCUT2D eigenvalue weighted by atomic mass is 35.5. The number of nitrogens with zero attached hydrogens (tertiary/aromatic N) is 5. The van der Waals surface area contributed by atoms with Gasteiger partial charge in [0, 0.05) is 53.2 Å². The number of aromatic nitrogens is 5. The zero-order valence-electron chi connectivity index (χ0n) is 19.5. The van der Waals surface area contributed by atoms with Gasteiger partial charge in [-0.05, 0) is 56.9 Å². The lowest BCUT2D eigenvalue weighted by Gasteiger charge is -2.29. The molecule has 1 aliphatic heterocycles. The molecule has 35 heavy (non-hydrogen) atoms. The summed E-state index contributed by atoms with van der Waals surface area (Å²) in [6, 6.07) is 6.85. The predicted molar refractivity (Wildman–Crippen MR) is 131 cm³/mol. The number of aryl methyl sites for hydroxylation is 1. The summed E-state index contributed by atoms with van der Waals surface area (Å²) >= 11 is 6.00. The molecule has 0 radical (unpaired) electrons. The number of ether oxygens (including phenoxy) is 1. The molecule has 1 aromatic carbocycles. The van der Waals surface area contributed by atoms with Gasteiger partial charge in [-0.15, -0.1) is 0 Å². The summed E-state index contributed by atoms with van der Waals surface area (Å²) in [6.45, 7) is 2.34. The van der Waals surface area contributed by atoms with Gasteiger partial charge >= 0.3 is 0 Å². The number of fused-ring (bicyclic) bond motifs is 1. The molecule has 180 valence electrons. The van der Waals surface area contributed by atoms with Crippen molar-refractivity contribution in [3.8, 4) is 11.1 Å². The lowest BCUT2D eigenvalue weighted by molar-refractivity contribution is 0.00463. The Labute approximate surface area is 206 Å². The van der Waals surface area contributed by atoms with E-state index in [1.54, 1.807) is 26.1 Å².